The van der Waals surface area contributed by atoms with Crippen molar-refractivity contribution in [2.75, 3.05) is 33.3 Å². The molecule has 0 saturated heterocycles. The number of nitrogens with zero attached hydrogens (tertiary/aromatic N) is 3. The van der Waals surface area contributed by atoms with Gasteiger partial charge in [-0.05, 0) is 19.2 Å². The fourth-order valence-corrected chi connectivity index (χ4v) is 4.09. The third kappa shape index (κ3) is 2.63. The van der Waals surface area contributed by atoms with E-state index in [0.717, 1.165) is 23.5 Å². The number of Topliss-reactive ketones (excluding diaryl/α,β-unsaturated/α-hetero) is 1. The molecule has 1 aromatic carbocycles. The molecule has 0 fully saturated rings. The summed E-state index contributed by atoms with van der Waals surface area (Å²) in [6, 6.07) is 5.57. The van der Waals surface area contributed by atoms with E-state index >= 15 is 0 Å². The highest BCUT2D eigenvalue weighted by molar-refractivity contribution is 6.36. The van der Waals surface area contributed by atoms with E-state index in [-0.39, 0.29) is 24.2 Å². The molecule has 0 amide bonds. The molecule has 0 saturated carbocycles. The number of fused-ring (bicyclic) bond motifs is 2. The summed E-state index contributed by atoms with van der Waals surface area (Å²) in [5, 5.41) is 16.4. The number of aliphatic hydroxyl groups is 1. The van der Waals surface area contributed by atoms with Gasteiger partial charge in [-0.25, -0.2) is 0 Å². The Morgan fingerprint density at radius 1 is 1.36 bits per heavy atom. The molecule has 1 aromatic rings. The Morgan fingerprint density at radius 2 is 2.20 bits per heavy atom. The van der Waals surface area contributed by atoms with Crippen molar-refractivity contribution in [3.63, 3.8) is 0 Å². The van der Waals surface area contributed by atoms with Crippen LogP contribution >= 0.6 is 11.6 Å². The maximum Gasteiger partial charge on any atom is 0.172 e. The molecule has 4 rings (SSSR count). The van der Waals surface area contributed by atoms with Gasteiger partial charge in [0.1, 0.15) is 0 Å². The Kier molecular flexibility index (Phi) is 4.23. The second kappa shape index (κ2) is 6.41. The fraction of sp³-hybridized carbons (Fsp3) is 0.368. The van der Waals surface area contributed by atoms with Crippen LogP contribution in [0.3, 0.4) is 0 Å². The largest absolute Gasteiger partial charge is 0.395 e. The fourth-order valence-electron chi connectivity index (χ4n) is 3.82. The number of likely N-dealkylation sites (N-methyl/N-ethyl adjacent to an activating group) is 1. The van der Waals surface area contributed by atoms with E-state index in [1.165, 1.54) is 0 Å². The van der Waals surface area contributed by atoms with Crippen molar-refractivity contribution in [2.45, 2.75) is 0 Å². The lowest BCUT2D eigenvalue weighted by molar-refractivity contribution is 0.0924. The van der Waals surface area contributed by atoms with Gasteiger partial charge in [0.15, 0.2) is 5.78 Å². The van der Waals surface area contributed by atoms with E-state index in [2.05, 4.69) is 4.90 Å². The highest BCUT2D eigenvalue weighted by Crippen LogP contribution is 2.44. The quantitative estimate of drug-likeness (QED) is 0.877. The number of halogens is 1. The zero-order valence-electron chi connectivity index (χ0n) is 14.0. The molecule has 5 nitrogen and oxygen atoms in total. The van der Waals surface area contributed by atoms with Crippen LogP contribution in [0, 0.1) is 11.8 Å². The SMILES string of the molecule is CN(CCO)CCN1N=C2c3cccc(Cl)c3C(=O)C3C=CC=C1C23. The van der Waals surface area contributed by atoms with E-state index in [9.17, 15) is 4.79 Å². The summed E-state index contributed by atoms with van der Waals surface area (Å²) in [6.45, 7) is 2.27. The average Bonchev–Trinajstić information content (AvgIpc) is 2.98. The van der Waals surface area contributed by atoms with Crippen LogP contribution in [0.5, 0.6) is 0 Å². The second-order valence-electron chi connectivity index (χ2n) is 6.64. The third-order valence-electron chi connectivity index (χ3n) is 5.10. The summed E-state index contributed by atoms with van der Waals surface area (Å²) in [6.07, 6.45) is 5.95. The Hall–Kier alpha value is -1.95. The lowest BCUT2D eigenvalue weighted by atomic mass is 9.71. The predicted octanol–water partition coefficient (Wildman–Crippen LogP) is 2.17. The van der Waals surface area contributed by atoms with Gasteiger partial charge in [0.2, 0.25) is 0 Å². The van der Waals surface area contributed by atoms with Crippen LogP contribution < -0.4 is 0 Å². The number of hydrogen-bond acceptors (Lipinski definition) is 5. The van der Waals surface area contributed by atoms with Crippen molar-refractivity contribution in [3.05, 3.63) is 58.3 Å². The summed E-state index contributed by atoms with van der Waals surface area (Å²) >= 11 is 6.32. The van der Waals surface area contributed by atoms with Crippen molar-refractivity contribution in [2.24, 2.45) is 16.9 Å². The van der Waals surface area contributed by atoms with Gasteiger partial charge in [-0.2, -0.15) is 5.10 Å². The number of hydrogen-bond donors (Lipinski definition) is 1. The lowest BCUT2D eigenvalue weighted by Crippen LogP contribution is -2.37. The topological polar surface area (TPSA) is 56.1 Å². The van der Waals surface area contributed by atoms with E-state index in [1.54, 1.807) is 6.07 Å². The van der Waals surface area contributed by atoms with E-state index in [0.29, 0.717) is 23.7 Å². The predicted molar refractivity (Wildman–Crippen MR) is 97.8 cm³/mol. The minimum Gasteiger partial charge on any atom is -0.395 e. The standard InChI is InChI=1S/C19H20ClN3O2/c1-22(10-11-24)8-9-23-15-7-3-5-13-17(15)18(21-23)12-4-2-6-14(20)16(12)19(13)25/h2-7,13,17,24H,8-11H2,1H3. The maximum absolute atomic E-state index is 13.0. The van der Waals surface area contributed by atoms with Crippen molar-refractivity contribution in [3.8, 4) is 0 Å². The monoisotopic (exact) mass is 357 g/mol. The molecule has 0 spiro atoms. The Labute approximate surface area is 151 Å². The van der Waals surface area contributed by atoms with E-state index in [4.69, 9.17) is 21.8 Å². The molecule has 2 unspecified atom stereocenters. The van der Waals surface area contributed by atoms with Crippen LogP contribution in [0.4, 0.5) is 0 Å². The van der Waals surface area contributed by atoms with Crippen LogP contribution in [-0.2, 0) is 0 Å². The molecule has 2 atom stereocenters. The number of benzene rings is 1. The number of rotatable bonds is 5. The number of carbonyl (C=O) groups is 1. The van der Waals surface area contributed by atoms with E-state index in [1.807, 2.05) is 42.4 Å². The van der Waals surface area contributed by atoms with Crippen molar-refractivity contribution < 1.29 is 9.90 Å². The first kappa shape index (κ1) is 16.5. The summed E-state index contributed by atoms with van der Waals surface area (Å²) in [7, 11) is 1.98. The van der Waals surface area contributed by atoms with E-state index < -0.39 is 0 Å². The summed E-state index contributed by atoms with van der Waals surface area (Å²) in [5.41, 5.74) is 3.45. The summed E-state index contributed by atoms with van der Waals surface area (Å²) in [5.74, 6) is -0.177. The molecule has 2 aliphatic carbocycles. The van der Waals surface area contributed by atoms with Gasteiger partial charge in [-0.3, -0.25) is 9.80 Å². The molecule has 3 aliphatic rings. The Balaban J connectivity index is 1.71. The average molecular weight is 358 g/mol. The van der Waals surface area contributed by atoms with Crippen LogP contribution in [0.15, 0.2) is 47.2 Å². The number of ketones is 1. The molecule has 1 aliphatic heterocycles. The van der Waals surface area contributed by atoms with Crippen LogP contribution in [0.2, 0.25) is 5.02 Å². The molecular weight excluding hydrogens is 338 g/mol. The normalized spacial score (nSPS) is 23.5. The minimum atomic E-state index is -0.230. The van der Waals surface area contributed by atoms with Gasteiger partial charge in [-0.15, -0.1) is 0 Å². The molecule has 6 heteroatoms. The molecule has 25 heavy (non-hydrogen) atoms. The first-order valence-corrected chi connectivity index (χ1v) is 8.86. The van der Waals surface area contributed by atoms with Crippen LogP contribution in [0.1, 0.15) is 15.9 Å². The Bertz CT molecular complexity index is 815. The van der Waals surface area contributed by atoms with Gasteiger partial charge in [0.25, 0.3) is 0 Å². The highest BCUT2D eigenvalue weighted by Gasteiger charge is 2.47. The zero-order valence-corrected chi connectivity index (χ0v) is 14.8. The third-order valence-corrected chi connectivity index (χ3v) is 5.41. The molecule has 130 valence electrons. The van der Waals surface area contributed by atoms with Gasteiger partial charge >= 0.3 is 0 Å². The van der Waals surface area contributed by atoms with Crippen molar-refractivity contribution in [1.29, 1.82) is 0 Å². The van der Waals surface area contributed by atoms with Crippen LogP contribution in [0.25, 0.3) is 0 Å². The Morgan fingerprint density at radius 3 is 3.00 bits per heavy atom. The molecular formula is C19H20ClN3O2. The maximum atomic E-state index is 13.0. The molecule has 1 heterocycles. The number of carbonyl (C=O) groups excluding carboxylic acids is 1. The minimum absolute atomic E-state index is 0.0217. The number of aliphatic hydroxyl groups excluding tert-OH is 1. The summed E-state index contributed by atoms with van der Waals surface area (Å²) in [4.78, 5) is 15.0. The van der Waals surface area contributed by atoms with Gasteiger partial charge in [0, 0.05) is 29.9 Å². The number of hydrazone groups is 1. The van der Waals surface area contributed by atoms with Crippen molar-refractivity contribution in [1.82, 2.24) is 9.91 Å². The lowest BCUT2D eigenvalue weighted by Gasteiger charge is -2.31. The molecule has 1 N–H and O–H groups in total. The molecule has 0 bridgehead atoms. The first-order valence-electron chi connectivity index (χ1n) is 8.48. The van der Waals surface area contributed by atoms with Crippen LogP contribution in [-0.4, -0.2) is 59.8 Å². The van der Waals surface area contributed by atoms with Gasteiger partial charge < -0.3 is 10.0 Å². The van der Waals surface area contributed by atoms with Gasteiger partial charge in [-0.1, -0.05) is 35.9 Å². The molecule has 0 aromatic heterocycles. The first-order chi connectivity index (χ1) is 12.1. The summed E-state index contributed by atoms with van der Waals surface area (Å²) < 4.78 is 0. The number of allylic oxidation sites excluding steroid dienone is 4. The zero-order chi connectivity index (χ0) is 17.6. The second-order valence-corrected chi connectivity index (χ2v) is 7.05. The molecule has 0 radical (unpaired) electrons. The highest BCUT2D eigenvalue weighted by atomic mass is 35.5. The van der Waals surface area contributed by atoms with Gasteiger partial charge in [0.05, 0.1) is 35.7 Å². The van der Waals surface area contributed by atoms with Crippen molar-refractivity contribution >= 4 is 23.1 Å². The smallest absolute Gasteiger partial charge is 0.172 e.